The number of hydrogen-bond donors (Lipinski definition) is 2. The SMILES string of the molecule is CCC1COCC1N(C)C(=O)C(CC(=O)O)NC(=O)OCC1c2ccccc2-c2ccccc21. The predicted octanol–water partition coefficient (Wildman–Crippen LogP) is 3.25. The molecular weight excluding hydrogens is 436 g/mol. The number of alkyl carbamates (subject to hydrolysis) is 1. The maximum Gasteiger partial charge on any atom is 0.407 e. The van der Waals surface area contributed by atoms with Gasteiger partial charge in [-0.2, -0.15) is 0 Å². The van der Waals surface area contributed by atoms with Crippen molar-refractivity contribution in [3.8, 4) is 11.1 Å². The Morgan fingerprint density at radius 1 is 1.09 bits per heavy atom. The summed E-state index contributed by atoms with van der Waals surface area (Å²) in [6.07, 6.45) is -0.506. The monoisotopic (exact) mass is 466 g/mol. The molecule has 180 valence electrons. The lowest BCUT2D eigenvalue weighted by molar-refractivity contribution is -0.143. The Labute approximate surface area is 198 Å². The van der Waals surface area contributed by atoms with Gasteiger partial charge in [-0.3, -0.25) is 9.59 Å². The second-order valence-electron chi connectivity index (χ2n) is 8.84. The topological polar surface area (TPSA) is 105 Å². The van der Waals surface area contributed by atoms with Gasteiger partial charge in [0.25, 0.3) is 0 Å². The Bertz CT molecular complexity index is 1030. The van der Waals surface area contributed by atoms with E-state index in [1.54, 1.807) is 7.05 Å². The minimum atomic E-state index is -1.23. The average Bonchev–Trinajstić information content (AvgIpc) is 3.44. The first-order valence-corrected chi connectivity index (χ1v) is 11.6. The number of nitrogens with one attached hydrogen (secondary N) is 1. The minimum Gasteiger partial charge on any atom is -0.481 e. The molecule has 8 heteroatoms. The fourth-order valence-corrected chi connectivity index (χ4v) is 4.97. The molecule has 0 saturated carbocycles. The van der Waals surface area contributed by atoms with Crippen molar-refractivity contribution in [2.45, 2.75) is 37.8 Å². The maximum atomic E-state index is 13.1. The third-order valence-corrected chi connectivity index (χ3v) is 6.85. The molecule has 0 aromatic heterocycles. The van der Waals surface area contributed by atoms with Crippen molar-refractivity contribution < 1.29 is 29.0 Å². The van der Waals surface area contributed by atoms with E-state index in [9.17, 15) is 19.5 Å². The van der Waals surface area contributed by atoms with Gasteiger partial charge in [0, 0.05) is 18.9 Å². The molecule has 1 fully saturated rings. The van der Waals surface area contributed by atoms with Crippen molar-refractivity contribution in [3.63, 3.8) is 0 Å². The van der Waals surface area contributed by atoms with Gasteiger partial charge < -0.3 is 24.8 Å². The Hall–Kier alpha value is -3.39. The number of rotatable bonds is 8. The summed E-state index contributed by atoms with van der Waals surface area (Å²) in [5.74, 6) is -1.60. The molecule has 2 N–H and O–H groups in total. The molecule has 3 unspecified atom stereocenters. The summed E-state index contributed by atoms with van der Waals surface area (Å²) in [6, 6.07) is 14.6. The third kappa shape index (κ3) is 4.77. The molecule has 0 radical (unpaired) electrons. The lowest BCUT2D eigenvalue weighted by Crippen LogP contribution is -2.52. The molecule has 1 heterocycles. The normalized spacial score (nSPS) is 19.7. The van der Waals surface area contributed by atoms with Crippen LogP contribution in [0.2, 0.25) is 0 Å². The fourth-order valence-electron chi connectivity index (χ4n) is 4.97. The van der Waals surface area contributed by atoms with Gasteiger partial charge in [0.2, 0.25) is 5.91 Å². The predicted molar refractivity (Wildman–Crippen MR) is 125 cm³/mol. The first-order valence-electron chi connectivity index (χ1n) is 11.6. The van der Waals surface area contributed by atoms with Crippen molar-refractivity contribution in [3.05, 3.63) is 59.7 Å². The summed E-state index contributed by atoms with van der Waals surface area (Å²) in [5.41, 5.74) is 4.36. The van der Waals surface area contributed by atoms with Gasteiger partial charge in [0.05, 0.1) is 25.7 Å². The molecule has 2 aromatic rings. The molecule has 2 amide bonds. The van der Waals surface area contributed by atoms with Gasteiger partial charge >= 0.3 is 12.1 Å². The van der Waals surface area contributed by atoms with Gasteiger partial charge in [0.15, 0.2) is 0 Å². The number of carbonyl (C=O) groups excluding carboxylic acids is 2. The zero-order valence-corrected chi connectivity index (χ0v) is 19.4. The molecule has 4 rings (SSSR count). The van der Waals surface area contributed by atoms with Gasteiger partial charge in [0.1, 0.15) is 12.6 Å². The van der Waals surface area contributed by atoms with Crippen LogP contribution in [0.4, 0.5) is 4.79 Å². The van der Waals surface area contributed by atoms with Gasteiger partial charge in [-0.1, -0.05) is 55.5 Å². The summed E-state index contributed by atoms with van der Waals surface area (Å²) in [6.45, 7) is 3.06. The second-order valence-corrected chi connectivity index (χ2v) is 8.84. The van der Waals surface area contributed by atoms with Gasteiger partial charge in [-0.25, -0.2) is 4.79 Å². The highest BCUT2D eigenvalue weighted by molar-refractivity contribution is 5.89. The number of carbonyl (C=O) groups is 3. The summed E-state index contributed by atoms with van der Waals surface area (Å²) >= 11 is 0. The molecule has 34 heavy (non-hydrogen) atoms. The largest absolute Gasteiger partial charge is 0.481 e. The highest BCUT2D eigenvalue weighted by Crippen LogP contribution is 2.44. The van der Waals surface area contributed by atoms with Crippen LogP contribution in [0, 0.1) is 5.92 Å². The molecular formula is C26H30N2O6. The van der Waals surface area contributed by atoms with Crippen LogP contribution in [0.25, 0.3) is 11.1 Å². The number of aliphatic carboxylic acids is 1. The van der Waals surface area contributed by atoms with Crippen LogP contribution in [0.5, 0.6) is 0 Å². The fraction of sp³-hybridized carbons (Fsp3) is 0.423. The Balaban J connectivity index is 1.43. The molecule has 2 aliphatic rings. The van der Waals surface area contributed by atoms with Crippen molar-refractivity contribution in [1.29, 1.82) is 0 Å². The van der Waals surface area contributed by atoms with E-state index >= 15 is 0 Å². The number of amides is 2. The number of carboxylic acid groups (broad SMARTS) is 1. The summed E-state index contributed by atoms with van der Waals surface area (Å²) in [7, 11) is 1.62. The standard InChI is InChI=1S/C26H30N2O6/c1-3-16-13-33-15-23(16)28(2)25(31)22(12-24(29)30)27-26(32)34-14-21-19-10-6-4-8-17(19)18-9-5-7-11-20(18)21/h4-11,16,21-23H,3,12-15H2,1-2H3,(H,27,32)(H,29,30). The molecule has 2 aromatic carbocycles. The minimum absolute atomic E-state index is 0.0814. The maximum absolute atomic E-state index is 13.1. The zero-order valence-electron chi connectivity index (χ0n) is 19.4. The van der Waals surface area contributed by atoms with Crippen molar-refractivity contribution in [2.75, 3.05) is 26.9 Å². The summed E-state index contributed by atoms with van der Waals surface area (Å²) in [5, 5.41) is 11.8. The van der Waals surface area contributed by atoms with E-state index in [0.29, 0.717) is 13.2 Å². The van der Waals surface area contributed by atoms with E-state index in [1.807, 2.05) is 55.5 Å². The van der Waals surface area contributed by atoms with Crippen LogP contribution >= 0.6 is 0 Å². The highest BCUT2D eigenvalue weighted by Gasteiger charge is 2.37. The Morgan fingerprint density at radius 2 is 1.71 bits per heavy atom. The molecule has 0 bridgehead atoms. The smallest absolute Gasteiger partial charge is 0.407 e. The number of nitrogens with zero attached hydrogens (tertiary/aromatic N) is 1. The summed E-state index contributed by atoms with van der Waals surface area (Å²) < 4.78 is 11.0. The van der Waals surface area contributed by atoms with Gasteiger partial charge in [-0.05, 0) is 28.7 Å². The molecule has 1 saturated heterocycles. The Kier molecular flexibility index (Phi) is 7.17. The first kappa shape index (κ1) is 23.8. The van der Waals surface area contributed by atoms with Crippen LogP contribution in [-0.4, -0.2) is 66.9 Å². The van der Waals surface area contributed by atoms with Crippen molar-refractivity contribution in [1.82, 2.24) is 10.2 Å². The highest BCUT2D eigenvalue weighted by atomic mass is 16.5. The van der Waals surface area contributed by atoms with Crippen LogP contribution in [0.15, 0.2) is 48.5 Å². The van der Waals surface area contributed by atoms with E-state index in [0.717, 1.165) is 28.7 Å². The zero-order chi connectivity index (χ0) is 24.2. The number of hydrogen-bond acceptors (Lipinski definition) is 5. The first-order chi connectivity index (χ1) is 16.4. The number of carboxylic acids is 1. The number of likely N-dealkylation sites (N-methyl/N-ethyl adjacent to an activating group) is 1. The van der Waals surface area contributed by atoms with Crippen LogP contribution in [-0.2, 0) is 19.1 Å². The molecule has 8 nitrogen and oxygen atoms in total. The van der Waals surface area contributed by atoms with E-state index in [2.05, 4.69) is 5.32 Å². The van der Waals surface area contributed by atoms with Crippen LogP contribution in [0.3, 0.4) is 0 Å². The van der Waals surface area contributed by atoms with Crippen molar-refractivity contribution in [2.24, 2.45) is 5.92 Å². The molecule has 1 aliphatic heterocycles. The van der Waals surface area contributed by atoms with Crippen molar-refractivity contribution >= 4 is 18.0 Å². The van der Waals surface area contributed by atoms with E-state index < -0.39 is 30.4 Å². The Morgan fingerprint density at radius 3 is 2.29 bits per heavy atom. The lowest BCUT2D eigenvalue weighted by Gasteiger charge is -2.30. The molecule has 0 spiro atoms. The van der Waals surface area contributed by atoms with Gasteiger partial charge in [-0.15, -0.1) is 0 Å². The quantitative estimate of drug-likeness (QED) is 0.619. The molecule has 3 atom stereocenters. The number of ether oxygens (including phenoxy) is 2. The summed E-state index contributed by atoms with van der Waals surface area (Å²) in [4.78, 5) is 38.7. The number of fused-ring (bicyclic) bond motifs is 3. The third-order valence-electron chi connectivity index (χ3n) is 6.85. The lowest BCUT2D eigenvalue weighted by atomic mass is 9.98. The second kappa shape index (κ2) is 10.3. The van der Waals surface area contributed by atoms with Crippen LogP contribution < -0.4 is 5.32 Å². The van der Waals surface area contributed by atoms with E-state index in [4.69, 9.17) is 9.47 Å². The van der Waals surface area contributed by atoms with Crippen LogP contribution in [0.1, 0.15) is 36.8 Å². The number of benzene rings is 2. The van der Waals surface area contributed by atoms with E-state index in [1.165, 1.54) is 4.90 Å². The van der Waals surface area contributed by atoms with E-state index in [-0.39, 0.29) is 24.5 Å². The average molecular weight is 467 g/mol. The molecule has 1 aliphatic carbocycles.